The quantitative estimate of drug-likeness (QED) is 0.779. The van der Waals surface area contributed by atoms with Gasteiger partial charge in [-0.1, -0.05) is 62.4 Å². The summed E-state index contributed by atoms with van der Waals surface area (Å²) in [6.07, 6.45) is 8.58. The first kappa shape index (κ1) is 18.1. The number of hydrogen-bond donors (Lipinski definition) is 0. The fourth-order valence-corrected chi connectivity index (χ4v) is 4.18. The molecule has 1 aromatic rings. The SMILES string of the molecule is O=C1CCN(C2(C(=O)OCc3ccccc3)CCCCCCC2)CC1. The number of piperidine rings is 1. The molecule has 0 atom stereocenters. The van der Waals surface area contributed by atoms with Crippen LogP contribution < -0.4 is 0 Å². The number of Topliss-reactive ketones (excluding diaryl/α,β-unsaturated/α-hetero) is 1. The highest BCUT2D eigenvalue weighted by molar-refractivity contribution is 5.83. The van der Waals surface area contributed by atoms with Crippen LogP contribution in [0.5, 0.6) is 0 Å². The third-order valence-corrected chi connectivity index (χ3v) is 5.70. The molecule has 25 heavy (non-hydrogen) atoms. The zero-order valence-corrected chi connectivity index (χ0v) is 15.0. The highest BCUT2D eigenvalue weighted by Crippen LogP contribution is 2.35. The summed E-state index contributed by atoms with van der Waals surface area (Å²) in [7, 11) is 0. The van der Waals surface area contributed by atoms with E-state index in [9.17, 15) is 9.59 Å². The van der Waals surface area contributed by atoms with Crippen molar-refractivity contribution in [2.24, 2.45) is 0 Å². The van der Waals surface area contributed by atoms with Crippen LogP contribution >= 0.6 is 0 Å². The number of ether oxygens (including phenoxy) is 1. The van der Waals surface area contributed by atoms with E-state index in [2.05, 4.69) is 4.90 Å². The molecule has 4 nitrogen and oxygen atoms in total. The van der Waals surface area contributed by atoms with E-state index in [0.717, 1.165) is 31.2 Å². The summed E-state index contributed by atoms with van der Waals surface area (Å²) < 4.78 is 5.78. The van der Waals surface area contributed by atoms with Crippen LogP contribution in [-0.2, 0) is 20.9 Å². The number of ketones is 1. The van der Waals surface area contributed by atoms with Crippen molar-refractivity contribution in [3.8, 4) is 0 Å². The minimum Gasteiger partial charge on any atom is -0.459 e. The molecule has 0 bridgehead atoms. The van der Waals surface area contributed by atoms with Crippen LogP contribution in [0.15, 0.2) is 30.3 Å². The van der Waals surface area contributed by atoms with E-state index < -0.39 is 5.54 Å². The fraction of sp³-hybridized carbons (Fsp3) is 0.619. The number of nitrogens with zero attached hydrogens (tertiary/aromatic N) is 1. The fourth-order valence-electron chi connectivity index (χ4n) is 4.18. The van der Waals surface area contributed by atoms with E-state index in [0.29, 0.717) is 38.3 Å². The standard InChI is InChI=1S/C21H29NO3/c23-19-11-15-22(16-12-19)21(13-7-2-1-3-8-14-21)20(24)25-17-18-9-5-4-6-10-18/h4-6,9-10H,1-3,7-8,11-17H2. The summed E-state index contributed by atoms with van der Waals surface area (Å²) >= 11 is 0. The molecule has 0 unspecified atom stereocenters. The molecule has 4 heteroatoms. The van der Waals surface area contributed by atoms with Crippen LogP contribution in [0.1, 0.15) is 63.4 Å². The molecule has 0 amide bonds. The number of likely N-dealkylation sites (tertiary alicyclic amines) is 1. The summed E-state index contributed by atoms with van der Waals surface area (Å²) in [5.74, 6) is 0.225. The van der Waals surface area contributed by atoms with Crippen molar-refractivity contribution in [1.29, 1.82) is 0 Å². The predicted molar refractivity (Wildman–Crippen MR) is 97.1 cm³/mol. The van der Waals surface area contributed by atoms with Crippen molar-refractivity contribution in [3.05, 3.63) is 35.9 Å². The third kappa shape index (κ3) is 4.49. The van der Waals surface area contributed by atoms with Gasteiger partial charge in [0, 0.05) is 25.9 Å². The van der Waals surface area contributed by atoms with Gasteiger partial charge in [-0.05, 0) is 18.4 Å². The molecule has 2 aliphatic rings. The minimum absolute atomic E-state index is 0.0902. The maximum Gasteiger partial charge on any atom is 0.326 e. The largest absolute Gasteiger partial charge is 0.459 e. The Balaban J connectivity index is 1.74. The smallest absolute Gasteiger partial charge is 0.326 e. The van der Waals surface area contributed by atoms with Crippen molar-refractivity contribution < 1.29 is 14.3 Å². The average Bonchev–Trinajstić information content (AvgIpc) is 2.62. The second-order valence-electron chi connectivity index (χ2n) is 7.39. The number of carbonyl (C=O) groups is 2. The lowest BCUT2D eigenvalue weighted by Gasteiger charge is -2.44. The Bertz CT molecular complexity index is 566. The predicted octanol–water partition coefficient (Wildman–Crippen LogP) is 3.88. The van der Waals surface area contributed by atoms with Gasteiger partial charge in [0.05, 0.1) is 0 Å². The monoisotopic (exact) mass is 343 g/mol. The van der Waals surface area contributed by atoms with Gasteiger partial charge in [0.25, 0.3) is 0 Å². The number of esters is 1. The van der Waals surface area contributed by atoms with Gasteiger partial charge < -0.3 is 4.74 Å². The number of hydrogen-bond acceptors (Lipinski definition) is 4. The minimum atomic E-state index is -0.532. The molecular formula is C21H29NO3. The Labute approximate surface area is 150 Å². The normalized spacial score (nSPS) is 22.0. The van der Waals surface area contributed by atoms with Gasteiger partial charge in [-0.15, -0.1) is 0 Å². The first-order chi connectivity index (χ1) is 12.2. The highest BCUT2D eigenvalue weighted by atomic mass is 16.5. The van der Waals surface area contributed by atoms with Crippen LogP contribution in [0.25, 0.3) is 0 Å². The molecule has 1 saturated carbocycles. The topological polar surface area (TPSA) is 46.6 Å². The molecule has 1 aliphatic carbocycles. The molecule has 2 fully saturated rings. The first-order valence-electron chi connectivity index (χ1n) is 9.69. The molecule has 0 N–H and O–H groups in total. The van der Waals surface area contributed by atoms with Gasteiger partial charge >= 0.3 is 5.97 Å². The molecular weight excluding hydrogens is 314 g/mol. The summed E-state index contributed by atoms with van der Waals surface area (Å²) in [5, 5.41) is 0. The lowest BCUT2D eigenvalue weighted by atomic mass is 9.81. The van der Waals surface area contributed by atoms with Gasteiger partial charge in [0.1, 0.15) is 17.9 Å². The molecule has 1 aromatic carbocycles. The van der Waals surface area contributed by atoms with Crippen molar-refractivity contribution in [3.63, 3.8) is 0 Å². The molecule has 3 rings (SSSR count). The van der Waals surface area contributed by atoms with Gasteiger partial charge in [0.2, 0.25) is 0 Å². The third-order valence-electron chi connectivity index (χ3n) is 5.70. The lowest BCUT2D eigenvalue weighted by molar-refractivity contribution is -0.163. The molecule has 1 heterocycles. The summed E-state index contributed by atoms with van der Waals surface area (Å²) in [5.41, 5.74) is 0.487. The molecule has 0 spiro atoms. The second-order valence-corrected chi connectivity index (χ2v) is 7.39. The number of rotatable bonds is 4. The van der Waals surface area contributed by atoms with Gasteiger partial charge in [-0.3, -0.25) is 14.5 Å². The van der Waals surface area contributed by atoms with Crippen LogP contribution in [0.2, 0.25) is 0 Å². The molecule has 0 radical (unpaired) electrons. The lowest BCUT2D eigenvalue weighted by Crippen LogP contribution is -2.58. The summed E-state index contributed by atoms with van der Waals surface area (Å²) in [4.78, 5) is 27.1. The van der Waals surface area contributed by atoms with Gasteiger partial charge in [0.15, 0.2) is 0 Å². The second kappa shape index (κ2) is 8.61. The van der Waals surface area contributed by atoms with E-state index in [1.165, 1.54) is 19.3 Å². The first-order valence-corrected chi connectivity index (χ1v) is 9.69. The molecule has 1 saturated heterocycles. The highest BCUT2D eigenvalue weighted by Gasteiger charge is 2.45. The zero-order chi connectivity index (χ0) is 17.5. The van der Waals surface area contributed by atoms with Crippen molar-refractivity contribution >= 4 is 11.8 Å². The summed E-state index contributed by atoms with van der Waals surface area (Å²) in [6.45, 7) is 1.72. The maximum absolute atomic E-state index is 13.2. The van der Waals surface area contributed by atoms with E-state index in [-0.39, 0.29) is 5.97 Å². The average molecular weight is 343 g/mol. The van der Waals surface area contributed by atoms with Crippen LogP contribution in [0.4, 0.5) is 0 Å². The van der Waals surface area contributed by atoms with E-state index >= 15 is 0 Å². The van der Waals surface area contributed by atoms with Crippen molar-refractivity contribution in [2.75, 3.05) is 13.1 Å². The molecule has 136 valence electrons. The van der Waals surface area contributed by atoms with E-state index in [1.54, 1.807) is 0 Å². The van der Waals surface area contributed by atoms with Crippen molar-refractivity contribution in [2.45, 2.75) is 69.9 Å². The van der Waals surface area contributed by atoms with Crippen LogP contribution in [0.3, 0.4) is 0 Å². The Morgan fingerprint density at radius 2 is 1.56 bits per heavy atom. The van der Waals surface area contributed by atoms with Crippen LogP contribution in [-0.4, -0.2) is 35.3 Å². The maximum atomic E-state index is 13.2. The van der Waals surface area contributed by atoms with E-state index in [1.807, 2.05) is 30.3 Å². The summed E-state index contributed by atoms with van der Waals surface area (Å²) in [6, 6.07) is 9.86. The zero-order valence-electron chi connectivity index (χ0n) is 15.0. The Morgan fingerprint density at radius 1 is 0.960 bits per heavy atom. The Hall–Kier alpha value is -1.68. The van der Waals surface area contributed by atoms with Crippen LogP contribution in [0, 0.1) is 0 Å². The molecule has 0 aromatic heterocycles. The van der Waals surface area contributed by atoms with E-state index in [4.69, 9.17) is 4.74 Å². The van der Waals surface area contributed by atoms with Crippen molar-refractivity contribution in [1.82, 2.24) is 4.90 Å². The number of carbonyl (C=O) groups excluding carboxylic acids is 2. The van der Waals surface area contributed by atoms with Gasteiger partial charge in [-0.25, -0.2) is 0 Å². The number of benzene rings is 1. The Kier molecular flexibility index (Phi) is 6.24. The van der Waals surface area contributed by atoms with Gasteiger partial charge in [-0.2, -0.15) is 0 Å². The molecule has 1 aliphatic heterocycles. The Morgan fingerprint density at radius 3 is 2.20 bits per heavy atom.